The van der Waals surface area contributed by atoms with Crippen LogP contribution in [0.1, 0.15) is 111 Å². The highest BCUT2D eigenvalue weighted by atomic mass is 28.4. The van der Waals surface area contributed by atoms with Crippen LogP contribution in [0.2, 0.25) is 40.9 Å². The van der Waals surface area contributed by atoms with Gasteiger partial charge in [0, 0.05) is 0 Å². The van der Waals surface area contributed by atoms with Crippen LogP contribution in [0, 0.1) is 94.7 Å². The summed E-state index contributed by atoms with van der Waals surface area (Å²) < 4.78 is 0. The Labute approximate surface area is 261 Å². The van der Waals surface area contributed by atoms with Gasteiger partial charge in [0.25, 0.3) is 0 Å². The Morgan fingerprint density at radius 1 is 0.244 bits per heavy atom. The molecule has 0 saturated heterocycles. The molecule has 0 spiro atoms. The van der Waals surface area contributed by atoms with E-state index in [-0.39, 0.29) is 0 Å². The van der Waals surface area contributed by atoms with E-state index in [1.165, 1.54) is 0 Å². The molecule has 0 aliphatic heterocycles. The minimum absolute atomic E-state index is 0.880. The molecule has 240 valence electrons. The average molecular weight is 601 g/mol. The maximum absolute atomic E-state index is 3.07. The SMILES string of the molecule is CC1C(C)C(C)C([Si](C)(C[Si](C)(C2C(C)C(C)C(C)C2C)C2C(C)C(C)C(C)C2C)C2C(C)C(C)C(C)C2C)C1C. The number of hydrogen-bond acceptors (Lipinski definition) is 0. The Morgan fingerprint density at radius 2 is 0.366 bits per heavy atom. The van der Waals surface area contributed by atoms with Gasteiger partial charge < -0.3 is 0 Å². The van der Waals surface area contributed by atoms with Crippen LogP contribution in [0.3, 0.4) is 0 Å². The summed E-state index contributed by atoms with van der Waals surface area (Å²) in [5.41, 5.74) is 5.71. The highest BCUT2D eigenvalue weighted by Crippen LogP contribution is 2.69. The normalized spacial score (nSPS) is 59.0. The molecule has 0 aromatic heterocycles. The lowest BCUT2D eigenvalue weighted by Crippen LogP contribution is -2.59. The van der Waals surface area contributed by atoms with Crippen LogP contribution in [0.15, 0.2) is 0 Å². The van der Waals surface area contributed by atoms with Crippen molar-refractivity contribution < 1.29 is 0 Å². The van der Waals surface area contributed by atoms with Gasteiger partial charge in [0.05, 0.1) is 16.1 Å². The molecule has 0 aromatic rings. The minimum Gasteiger partial charge on any atom is -0.0689 e. The van der Waals surface area contributed by atoms with E-state index >= 15 is 0 Å². The molecule has 0 heterocycles. The van der Waals surface area contributed by atoms with E-state index in [0.717, 1.165) is 117 Å². The quantitative estimate of drug-likeness (QED) is 0.266. The van der Waals surface area contributed by atoms with Crippen LogP contribution in [0.5, 0.6) is 0 Å². The van der Waals surface area contributed by atoms with E-state index in [0.29, 0.717) is 0 Å². The van der Waals surface area contributed by atoms with Gasteiger partial charge in [0.15, 0.2) is 0 Å². The second-order valence-electron chi connectivity index (χ2n) is 19.0. The second-order valence-corrected chi connectivity index (χ2v) is 29.1. The summed E-state index contributed by atoms with van der Waals surface area (Å²) in [6.07, 6.45) is 0. The van der Waals surface area contributed by atoms with Gasteiger partial charge >= 0.3 is 0 Å². The van der Waals surface area contributed by atoms with Crippen molar-refractivity contribution in [1.29, 1.82) is 0 Å². The van der Waals surface area contributed by atoms with Crippen molar-refractivity contribution in [2.75, 3.05) is 0 Å². The van der Waals surface area contributed by atoms with Gasteiger partial charge in [0.2, 0.25) is 0 Å². The minimum atomic E-state index is -1.72. The van der Waals surface area contributed by atoms with Crippen molar-refractivity contribution in [2.45, 2.75) is 152 Å². The Bertz CT molecular complexity index is 719. The Balaban J connectivity index is 1.95. The zero-order valence-corrected chi connectivity index (χ0v) is 33.3. The second kappa shape index (κ2) is 11.7. The summed E-state index contributed by atoms with van der Waals surface area (Å²) in [4.78, 5) is 0. The molecular weight excluding hydrogens is 525 g/mol. The maximum Gasteiger partial charge on any atom is 0.0552 e. The zero-order chi connectivity index (χ0) is 31.3. The Hall–Kier alpha value is 0.434. The molecule has 16 atom stereocenters. The van der Waals surface area contributed by atoms with E-state index < -0.39 is 16.1 Å². The highest BCUT2D eigenvalue weighted by molar-refractivity contribution is 6.99. The molecule has 4 aliphatic carbocycles. The van der Waals surface area contributed by atoms with Crippen molar-refractivity contribution in [2.24, 2.45) is 94.7 Å². The van der Waals surface area contributed by atoms with Gasteiger partial charge in [0.1, 0.15) is 0 Å². The van der Waals surface area contributed by atoms with Crippen molar-refractivity contribution >= 4 is 16.1 Å². The first-order chi connectivity index (χ1) is 18.8. The van der Waals surface area contributed by atoms with Gasteiger partial charge in [-0.3, -0.25) is 0 Å². The lowest BCUT2D eigenvalue weighted by atomic mass is 9.92. The van der Waals surface area contributed by atoms with Gasteiger partial charge in [-0.05, 0) is 117 Å². The molecule has 2 heteroatoms. The van der Waals surface area contributed by atoms with E-state index in [4.69, 9.17) is 0 Å². The van der Waals surface area contributed by atoms with E-state index in [2.05, 4.69) is 124 Å². The predicted octanol–water partition coefficient (Wildman–Crippen LogP) is 12.4. The third kappa shape index (κ3) is 4.90. The molecule has 4 fully saturated rings. The lowest BCUT2D eigenvalue weighted by molar-refractivity contribution is 0.352. The van der Waals surface area contributed by atoms with Crippen molar-refractivity contribution in [3.63, 3.8) is 0 Å². The first-order valence-corrected chi connectivity index (χ1v) is 24.5. The molecule has 0 amide bonds. The third-order valence-electron chi connectivity index (χ3n) is 18.3. The number of rotatable bonds is 6. The monoisotopic (exact) mass is 601 g/mol. The predicted molar refractivity (Wildman–Crippen MR) is 190 cm³/mol. The molecule has 4 saturated carbocycles. The van der Waals surface area contributed by atoms with Crippen LogP contribution in [-0.4, -0.2) is 16.1 Å². The van der Waals surface area contributed by atoms with E-state index in [1.807, 2.05) is 0 Å². The van der Waals surface area contributed by atoms with Crippen LogP contribution in [0.25, 0.3) is 0 Å². The van der Waals surface area contributed by atoms with Crippen molar-refractivity contribution in [3.8, 4) is 0 Å². The smallest absolute Gasteiger partial charge is 0.0552 e. The van der Waals surface area contributed by atoms with Crippen molar-refractivity contribution in [1.82, 2.24) is 0 Å². The molecular formula is C39H76Si2. The fourth-order valence-electron chi connectivity index (χ4n) is 14.9. The van der Waals surface area contributed by atoms with Crippen LogP contribution in [-0.2, 0) is 0 Å². The Kier molecular flexibility index (Phi) is 9.76. The van der Waals surface area contributed by atoms with E-state index in [9.17, 15) is 0 Å². The molecule has 41 heavy (non-hydrogen) atoms. The average Bonchev–Trinajstić information content (AvgIpc) is 3.40. The standard InChI is InChI=1S/C39H76Si2/c1-20-21(2)29(10)36(28(20)9)40(17,37-30(11)22(3)23(4)31(37)12)19-41(18,38-32(13)24(5)25(6)33(38)14)39-34(15)26(7)27(8)35(39)16/h20-39H,19H2,1-18H3. The zero-order valence-electron chi connectivity index (χ0n) is 31.3. The molecule has 0 nitrogen and oxygen atoms in total. The fourth-order valence-corrected chi connectivity index (χ4v) is 38.2. The Morgan fingerprint density at radius 3 is 0.488 bits per heavy atom. The van der Waals surface area contributed by atoms with Gasteiger partial charge in [-0.1, -0.05) is 130 Å². The lowest BCUT2D eigenvalue weighted by Gasteiger charge is -2.56. The van der Waals surface area contributed by atoms with Crippen molar-refractivity contribution in [3.05, 3.63) is 0 Å². The summed E-state index contributed by atoms with van der Waals surface area (Å²) in [6.45, 7) is 49.1. The highest BCUT2D eigenvalue weighted by Gasteiger charge is 2.66. The van der Waals surface area contributed by atoms with E-state index in [1.54, 1.807) is 5.67 Å². The largest absolute Gasteiger partial charge is 0.0689 e. The van der Waals surface area contributed by atoms with Crippen LogP contribution < -0.4 is 0 Å². The van der Waals surface area contributed by atoms with Crippen LogP contribution >= 0.6 is 0 Å². The maximum atomic E-state index is 3.07. The first-order valence-electron chi connectivity index (χ1n) is 18.8. The molecule has 0 N–H and O–H groups in total. The molecule has 0 bridgehead atoms. The van der Waals surface area contributed by atoms with Gasteiger partial charge in [-0.25, -0.2) is 0 Å². The molecule has 16 unspecified atom stereocenters. The summed E-state index contributed by atoms with van der Waals surface area (Å²) in [7, 11) is -3.44. The number of hydrogen-bond donors (Lipinski definition) is 0. The van der Waals surface area contributed by atoms with Gasteiger partial charge in [-0.15, -0.1) is 0 Å². The van der Waals surface area contributed by atoms with Gasteiger partial charge in [-0.2, -0.15) is 0 Å². The molecule has 4 aliphatic rings. The summed E-state index contributed by atoms with van der Waals surface area (Å²) in [5, 5.41) is 0. The summed E-state index contributed by atoms with van der Waals surface area (Å²) in [5.74, 6) is 14.2. The van der Waals surface area contributed by atoms with Crippen LogP contribution in [0.4, 0.5) is 0 Å². The third-order valence-corrected chi connectivity index (χ3v) is 34.7. The topological polar surface area (TPSA) is 0 Å². The molecule has 0 aromatic carbocycles. The molecule has 0 radical (unpaired) electrons. The summed E-state index contributed by atoms with van der Waals surface area (Å²) in [6, 6.07) is 0. The summed E-state index contributed by atoms with van der Waals surface area (Å²) >= 11 is 0. The molecule has 4 rings (SSSR count). The first kappa shape index (κ1) is 34.3. The fraction of sp³-hybridized carbons (Fsp3) is 1.00.